The Morgan fingerprint density at radius 2 is 1.96 bits per heavy atom. The van der Waals surface area contributed by atoms with E-state index in [1.807, 2.05) is 6.07 Å². The fourth-order valence-electron chi connectivity index (χ4n) is 3.61. The van der Waals surface area contributed by atoms with Gasteiger partial charge >= 0.3 is 0 Å². The average molecular weight is 382 g/mol. The van der Waals surface area contributed by atoms with Gasteiger partial charge in [-0.25, -0.2) is 0 Å². The number of likely N-dealkylation sites (tertiary alicyclic amines) is 1. The molecule has 0 bridgehead atoms. The molecule has 27 heavy (non-hydrogen) atoms. The molecule has 0 saturated carbocycles. The van der Waals surface area contributed by atoms with Crippen LogP contribution in [-0.2, 0) is 0 Å². The molecule has 4 rings (SSSR count). The van der Waals surface area contributed by atoms with Crippen molar-refractivity contribution in [2.75, 3.05) is 19.6 Å². The summed E-state index contributed by atoms with van der Waals surface area (Å²) >= 11 is 1.71. The van der Waals surface area contributed by atoms with Crippen molar-refractivity contribution in [2.24, 2.45) is 0 Å². The Morgan fingerprint density at radius 3 is 2.74 bits per heavy atom. The lowest BCUT2D eigenvalue weighted by atomic mass is 10.1. The number of nitrogens with one attached hydrogen (secondary N) is 1. The molecular weight excluding hydrogens is 360 g/mol. The van der Waals surface area contributed by atoms with Crippen molar-refractivity contribution in [2.45, 2.75) is 25.3 Å². The largest absolute Gasteiger partial charge is 0.451 e. The van der Waals surface area contributed by atoms with Crippen molar-refractivity contribution < 1.29 is 9.21 Å². The van der Waals surface area contributed by atoms with Crippen LogP contribution in [0, 0.1) is 0 Å². The Bertz CT molecular complexity index is 975. The standard InChI is InChI=1S/C21H22N2O3S/c24-17-13-19(26-18-8-3-2-7-15(17)18)21(25)22-14-16(20-9-6-12-27-20)23-10-4-1-5-11-23/h2-3,6-9,12-13,16H,1,4-5,10-11,14H2,(H,22,25). The molecule has 1 unspecified atom stereocenters. The van der Waals surface area contributed by atoms with Crippen LogP contribution >= 0.6 is 11.3 Å². The van der Waals surface area contributed by atoms with Gasteiger partial charge in [-0.1, -0.05) is 24.6 Å². The summed E-state index contributed by atoms with van der Waals surface area (Å²) in [5.74, 6) is -0.293. The van der Waals surface area contributed by atoms with E-state index in [0.29, 0.717) is 17.5 Å². The first kappa shape index (κ1) is 17.9. The molecule has 2 aromatic heterocycles. The minimum absolute atomic E-state index is 0.0577. The molecule has 1 aliphatic heterocycles. The van der Waals surface area contributed by atoms with Gasteiger partial charge in [0, 0.05) is 17.5 Å². The van der Waals surface area contributed by atoms with Crippen molar-refractivity contribution in [1.29, 1.82) is 0 Å². The van der Waals surface area contributed by atoms with Crippen LogP contribution in [0.1, 0.15) is 40.7 Å². The summed E-state index contributed by atoms with van der Waals surface area (Å²) in [6, 6.07) is 12.6. The van der Waals surface area contributed by atoms with Gasteiger partial charge in [-0.05, 0) is 49.5 Å². The molecule has 6 heteroatoms. The van der Waals surface area contributed by atoms with Crippen LogP contribution in [0.25, 0.3) is 11.0 Å². The van der Waals surface area contributed by atoms with Crippen LogP contribution in [0.15, 0.2) is 57.1 Å². The number of amides is 1. The quantitative estimate of drug-likeness (QED) is 0.729. The molecule has 1 atom stereocenters. The number of piperidine rings is 1. The molecule has 140 valence electrons. The van der Waals surface area contributed by atoms with Gasteiger partial charge in [0.1, 0.15) is 5.58 Å². The van der Waals surface area contributed by atoms with Crippen molar-refractivity contribution >= 4 is 28.2 Å². The maximum absolute atomic E-state index is 12.6. The fourth-order valence-corrected chi connectivity index (χ4v) is 4.47. The number of thiophene rings is 1. The molecule has 3 aromatic rings. The Hall–Kier alpha value is -2.44. The van der Waals surface area contributed by atoms with Crippen LogP contribution < -0.4 is 10.7 Å². The zero-order chi connectivity index (χ0) is 18.6. The van der Waals surface area contributed by atoms with Gasteiger partial charge in [0.25, 0.3) is 5.91 Å². The van der Waals surface area contributed by atoms with Gasteiger partial charge in [0.05, 0.1) is 11.4 Å². The predicted molar refractivity (Wildman–Crippen MR) is 107 cm³/mol. The molecular formula is C21H22N2O3S. The third kappa shape index (κ3) is 3.96. The maximum Gasteiger partial charge on any atom is 0.287 e. The summed E-state index contributed by atoms with van der Waals surface area (Å²) in [6.45, 7) is 2.59. The molecule has 0 radical (unpaired) electrons. The van der Waals surface area contributed by atoms with Gasteiger partial charge in [0.15, 0.2) is 11.2 Å². The lowest BCUT2D eigenvalue weighted by Crippen LogP contribution is -2.40. The summed E-state index contributed by atoms with van der Waals surface area (Å²) in [4.78, 5) is 28.6. The van der Waals surface area contributed by atoms with Crippen LogP contribution in [0.3, 0.4) is 0 Å². The Balaban J connectivity index is 1.52. The van der Waals surface area contributed by atoms with E-state index < -0.39 is 0 Å². The number of carbonyl (C=O) groups excluding carboxylic acids is 1. The number of rotatable bonds is 5. The van der Waals surface area contributed by atoms with E-state index in [9.17, 15) is 9.59 Å². The lowest BCUT2D eigenvalue weighted by Gasteiger charge is -2.34. The topological polar surface area (TPSA) is 62.6 Å². The monoisotopic (exact) mass is 382 g/mol. The number of carbonyl (C=O) groups is 1. The van der Waals surface area contributed by atoms with Gasteiger partial charge < -0.3 is 9.73 Å². The molecule has 1 aliphatic rings. The van der Waals surface area contributed by atoms with Crippen LogP contribution in [-0.4, -0.2) is 30.4 Å². The molecule has 1 fully saturated rings. The van der Waals surface area contributed by atoms with E-state index in [1.54, 1.807) is 35.6 Å². The summed E-state index contributed by atoms with van der Waals surface area (Å²) in [7, 11) is 0. The molecule has 1 amide bonds. The molecule has 1 N–H and O–H groups in total. The second-order valence-electron chi connectivity index (χ2n) is 6.81. The molecule has 0 spiro atoms. The van der Waals surface area contributed by atoms with E-state index in [0.717, 1.165) is 13.1 Å². The first-order chi connectivity index (χ1) is 13.2. The Labute approximate surface area is 161 Å². The minimum Gasteiger partial charge on any atom is -0.451 e. The summed E-state index contributed by atoms with van der Waals surface area (Å²) < 4.78 is 5.65. The number of para-hydroxylation sites is 1. The second-order valence-corrected chi connectivity index (χ2v) is 7.79. The van der Waals surface area contributed by atoms with Gasteiger partial charge in [-0.2, -0.15) is 0 Å². The first-order valence-corrected chi connectivity index (χ1v) is 10.2. The van der Waals surface area contributed by atoms with Crippen LogP contribution in [0.4, 0.5) is 0 Å². The normalized spacial score (nSPS) is 16.3. The number of fused-ring (bicyclic) bond motifs is 1. The number of hydrogen-bond donors (Lipinski definition) is 1. The summed E-state index contributed by atoms with van der Waals surface area (Å²) in [5.41, 5.74) is 0.230. The molecule has 1 aromatic carbocycles. The third-order valence-electron chi connectivity index (χ3n) is 5.02. The number of hydrogen-bond acceptors (Lipinski definition) is 5. The van der Waals surface area contributed by atoms with E-state index in [4.69, 9.17) is 4.42 Å². The molecule has 3 heterocycles. The lowest BCUT2D eigenvalue weighted by molar-refractivity contribution is 0.0899. The smallest absolute Gasteiger partial charge is 0.287 e. The Morgan fingerprint density at radius 1 is 1.15 bits per heavy atom. The fraction of sp³-hybridized carbons (Fsp3) is 0.333. The van der Waals surface area contributed by atoms with Crippen molar-refractivity contribution in [3.63, 3.8) is 0 Å². The molecule has 0 aliphatic carbocycles. The zero-order valence-corrected chi connectivity index (χ0v) is 15.8. The predicted octanol–water partition coefficient (Wildman–Crippen LogP) is 3.81. The highest BCUT2D eigenvalue weighted by molar-refractivity contribution is 7.10. The highest BCUT2D eigenvalue weighted by atomic mass is 32.1. The summed E-state index contributed by atoms with van der Waals surface area (Å²) in [6.07, 6.45) is 3.65. The van der Waals surface area contributed by atoms with Gasteiger partial charge in [0.2, 0.25) is 0 Å². The highest BCUT2D eigenvalue weighted by Crippen LogP contribution is 2.27. The SMILES string of the molecule is O=C(NCC(c1cccs1)N1CCCCC1)c1cc(=O)c2ccccc2o1. The number of benzene rings is 1. The van der Waals surface area contributed by atoms with E-state index >= 15 is 0 Å². The zero-order valence-electron chi connectivity index (χ0n) is 15.0. The van der Waals surface area contributed by atoms with E-state index in [-0.39, 0.29) is 23.1 Å². The van der Waals surface area contributed by atoms with Gasteiger partial charge in [-0.3, -0.25) is 14.5 Å². The first-order valence-electron chi connectivity index (χ1n) is 9.31. The van der Waals surface area contributed by atoms with Crippen molar-refractivity contribution in [3.8, 4) is 0 Å². The van der Waals surface area contributed by atoms with Crippen molar-refractivity contribution in [3.05, 3.63) is 68.7 Å². The van der Waals surface area contributed by atoms with Crippen LogP contribution in [0.5, 0.6) is 0 Å². The van der Waals surface area contributed by atoms with Crippen molar-refractivity contribution in [1.82, 2.24) is 10.2 Å². The molecule has 1 saturated heterocycles. The van der Waals surface area contributed by atoms with Gasteiger partial charge in [-0.15, -0.1) is 11.3 Å². The van der Waals surface area contributed by atoms with E-state index in [1.165, 1.54) is 30.2 Å². The Kier molecular flexibility index (Phi) is 5.36. The minimum atomic E-state index is -0.351. The average Bonchev–Trinajstić information content (AvgIpc) is 3.23. The third-order valence-corrected chi connectivity index (χ3v) is 5.99. The second kappa shape index (κ2) is 8.06. The highest BCUT2D eigenvalue weighted by Gasteiger charge is 2.24. The van der Waals surface area contributed by atoms with Crippen LogP contribution in [0.2, 0.25) is 0 Å². The maximum atomic E-state index is 12.6. The number of nitrogens with zero attached hydrogens (tertiary/aromatic N) is 1. The van der Waals surface area contributed by atoms with E-state index in [2.05, 4.69) is 21.7 Å². The summed E-state index contributed by atoms with van der Waals surface area (Å²) in [5, 5.41) is 5.52. The molecule has 5 nitrogen and oxygen atoms in total.